The zero-order valence-electron chi connectivity index (χ0n) is 19.7. The Morgan fingerprint density at radius 1 is 1.14 bits per heavy atom. The average Bonchev–Trinajstić information content (AvgIpc) is 3.32. The number of ether oxygens (including phenoxy) is 2. The van der Waals surface area contributed by atoms with E-state index in [0.717, 1.165) is 5.39 Å². The van der Waals surface area contributed by atoms with E-state index in [4.69, 9.17) is 31.2 Å². The van der Waals surface area contributed by atoms with E-state index in [1.54, 1.807) is 37.3 Å². The number of amides is 1. The predicted octanol–water partition coefficient (Wildman–Crippen LogP) is 4.61. The Bertz CT molecular complexity index is 1690. The van der Waals surface area contributed by atoms with Gasteiger partial charge in [0.25, 0.3) is 11.5 Å². The minimum absolute atomic E-state index is 0.187. The molecule has 0 atom stereocenters. The molecule has 3 aromatic carbocycles. The number of para-hydroxylation sites is 2. The van der Waals surface area contributed by atoms with E-state index < -0.39 is 5.91 Å². The fourth-order valence-corrected chi connectivity index (χ4v) is 4.09. The maximum atomic E-state index is 13.5. The maximum Gasteiger partial charge on any atom is 0.282 e. The summed E-state index contributed by atoms with van der Waals surface area (Å²) < 4.78 is 18.2. The van der Waals surface area contributed by atoms with Crippen molar-refractivity contribution in [2.45, 2.75) is 6.92 Å². The van der Waals surface area contributed by atoms with Gasteiger partial charge in [-0.05, 0) is 48.9 Å². The van der Waals surface area contributed by atoms with Gasteiger partial charge in [-0.15, -0.1) is 0 Å². The lowest BCUT2D eigenvalue weighted by molar-refractivity contribution is -0.119. The highest BCUT2D eigenvalue weighted by atomic mass is 35.5. The molecule has 10 heteroatoms. The number of primary amides is 1. The van der Waals surface area contributed by atoms with Crippen molar-refractivity contribution in [1.82, 2.24) is 9.66 Å². The molecule has 5 aromatic rings. The van der Waals surface area contributed by atoms with Crippen LogP contribution in [0.1, 0.15) is 12.5 Å². The van der Waals surface area contributed by atoms with E-state index in [-0.39, 0.29) is 28.8 Å². The zero-order chi connectivity index (χ0) is 25.9. The van der Waals surface area contributed by atoms with Crippen LogP contribution in [0.25, 0.3) is 33.5 Å². The minimum Gasteiger partial charge on any atom is -0.490 e. The molecule has 0 radical (unpaired) electrons. The zero-order valence-corrected chi connectivity index (χ0v) is 20.4. The summed E-state index contributed by atoms with van der Waals surface area (Å²) in [6.07, 6.45) is 1.45. The SMILES string of the molecule is CCOc1cc(C=Nn2c(-c3cc4ccccc4o3)nc3ccccc3c2=O)cc(Cl)c1OCC(N)=O. The summed E-state index contributed by atoms with van der Waals surface area (Å²) in [5.41, 5.74) is 6.52. The van der Waals surface area contributed by atoms with Crippen molar-refractivity contribution in [3.8, 4) is 23.1 Å². The lowest BCUT2D eigenvalue weighted by Crippen LogP contribution is -2.20. The smallest absolute Gasteiger partial charge is 0.282 e. The largest absolute Gasteiger partial charge is 0.490 e. The third-order valence-corrected chi connectivity index (χ3v) is 5.69. The Balaban J connectivity index is 1.63. The Morgan fingerprint density at radius 3 is 2.70 bits per heavy atom. The summed E-state index contributed by atoms with van der Waals surface area (Å²) >= 11 is 6.40. The van der Waals surface area contributed by atoms with Crippen molar-refractivity contribution >= 4 is 45.6 Å². The topological polar surface area (TPSA) is 122 Å². The standard InChI is InChI=1S/C27H21ClN4O5/c1-2-35-22-12-16(11-19(28)25(22)36-15-24(29)33)14-30-32-26(23-13-17-7-3-6-10-21(17)37-23)31-20-9-5-4-8-18(20)27(32)34/h3-14H,2,15H2,1H3,(H2,29,33). The van der Waals surface area contributed by atoms with Crippen LogP contribution in [0.15, 0.2) is 81.0 Å². The van der Waals surface area contributed by atoms with Crippen LogP contribution >= 0.6 is 11.6 Å². The number of hydrogen-bond donors (Lipinski definition) is 1. The first-order chi connectivity index (χ1) is 17.9. The number of carbonyl (C=O) groups excluding carboxylic acids is 1. The van der Waals surface area contributed by atoms with E-state index in [9.17, 15) is 9.59 Å². The molecule has 0 aliphatic carbocycles. The number of rotatable bonds is 8. The van der Waals surface area contributed by atoms with Gasteiger partial charge in [-0.2, -0.15) is 9.78 Å². The van der Waals surface area contributed by atoms with Crippen LogP contribution in [-0.4, -0.2) is 35.0 Å². The van der Waals surface area contributed by atoms with Crippen molar-refractivity contribution in [2.24, 2.45) is 10.8 Å². The second-order valence-electron chi connectivity index (χ2n) is 7.98. The third kappa shape index (κ3) is 4.89. The van der Waals surface area contributed by atoms with E-state index in [0.29, 0.717) is 40.2 Å². The Morgan fingerprint density at radius 2 is 1.92 bits per heavy atom. The van der Waals surface area contributed by atoms with Crippen molar-refractivity contribution < 1.29 is 18.7 Å². The Hall–Kier alpha value is -4.63. The number of carbonyl (C=O) groups is 1. The lowest BCUT2D eigenvalue weighted by atomic mass is 10.2. The fraction of sp³-hybridized carbons (Fsp3) is 0.111. The number of nitrogens with zero attached hydrogens (tertiary/aromatic N) is 3. The number of aromatic nitrogens is 2. The van der Waals surface area contributed by atoms with E-state index in [1.807, 2.05) is 36.4 Å². The summed E-state index contributed by atoms with van der Waals surface area (Å²) in [7, 11) is 0. The molecule has 2 N–H and O–H groups in total. The molecule has 2 aromatic heterocycles. The van der Waals surface area contributed by atoms with E-state index in [1.165, 1.54) is 10.9 Å². The molecule has 0 saturated carbocycles. The van der Waals surface area contributed by atoms with Crippen molar-refractivity contribution in [2.75, 3.05) is 13.2 Å². The number of hydrogen-bond acceptors (Lipinski definition) is 7. The van der Waals surface area contributed by atoms with Gasteiger partial charge >= 0.3 is 0 Å². The first-order valence-corrected chi connectivity index (χ1v) is 11.7. The van der Waals surface area contributed by atoms with Gasteiger partial charge < -0.3 is 19.6 Å². The third-order valence-electron chi connectivity index (χ3n) is 5.41. The van der Waals surface area contributed by atoms with Gasteiger partial charge in [0.15, 0.2) is 23.9 Å². The molecule has 0 fully saturated rings. The highest BCUT2D eigenvalue weighted by Gasteiger charge is 2.17. The number of fused-ring (bicyclic) bond motifs is 2. The van der Waals surface area contributed by atoms with Crippen LogP contribution in [0.2, 0.25) is 5.02 Å². The molecule has 0 spiro atoms. The first-order valence-electron chi connectivity index (χ1n) is 11.4. The van der Waals surface area contributed by atoms with Gasteiger partial charge in [-0.25, -0.2) is 4.98 Å². The number of furan rings is 1. The van der Waals surface area contributed by atoms with Gasteiger partial charge in [0, 0.05) is 5.39 Å². The fourth-order valence-electron chi connectivity index (χ4n) is 3.82. The Kier molecular flexibility index (Phi) is 6.61. The van der Waals surface area contributed by atoms with E-state index in [2.05, 4.69) is 10.1 Å². The molecule has 37 heavy (non-hydrogen) atoms. The highest BCUT2D eigenvalue weighted by molar-refractivity contribution is 6.32. The molecule has 0 unspecified atom stereocenters. The van der Waals surface area contributed by atoms with Crippen molar-refractivity contribution in [3.05, 3.63) is 87.7 Å². The summed E-state index contributed by atoms with van der Waals surface area (Å²) in [5, 5.41) is 5.91. The monoisotopic (exact) mass is 516 g/mol. The summed E-state index contributed by atoms with van der Waals surface area (Å²) in [6.45, 7) is 1.77. The molecule has 1 amide bonds. The molecule has 0 bridgehead atoms. The molecule has 9 nitrogen and oxygen atoms in total. The summed E-state index contributed by atoms with van der Waals surface area (Å²) in [5.74, 6) is 0.481. The number of benzene rings is 3. The highest BCUT2D eigenvalue weighted by Crippen LogP contribution is 2.36. The molecule has 5 rings (SSSR count). The van der Waals surface area contributed by atoms with Gasteiger partial charge in [-0.1, -0.05) is 41.9 Å². The van der Waals surface area contributed by atoms with Crippen LogP contribution in [0.4, 0.5) is 0 Å². The maximum absolute atomic E-state index is 13.5. The van der Waals surface area contributed by atoms with Gasteiger partial charge in [0.2, 0.25) is 5.82 Å². The normalized spacial score (nSPS) is 11.4. The Labute approximate surface area is 215 Å². The summed E-state index contributed by atoms with van der Waals surface area (Å²) in [4.78, 5) is 29.3. The van der Waals surface area contributed by atoms with Crippen LogP contribution in [0, 0.1) is 0 Å². The molecule has 0 aliphatic heterocycles. The second kappa shape index (κ2) is 10.2. The molecular formula is C27H21ClN4O5. The van der Waals surface area contributed by atoms with Gasteiger partial charge in [-0.3, -0.25) is 9.59 Å². The van der Waals surface area contributed by atoms with E-state index >= 15 is 0 Å². The lowest BCUT2D eigenvalue weighted by Gasteiger charge is -2.13. The van der Waals surface area contributed by atoms with Gasteiger partial charge in [0.05, 0.1) is 28.7 Å². The molecular weight excluding hydrogens is 496 g/mol. The molecule has 186 valence electrons. The molecule has 0 saturated heterocycles. The summed E-state index contributed by atoms with van der Waals surface area (Å²) in [6, 6.07) is 19.6. The quantitative estimate of drug-likeness (QED) is 0.300. The van der Waals surface area contributed by atoms with Gasteiger partial charge in [0.1, 0.15) is 5.58 Å². The average molecular weight is 517 g/mol. The second-order valence-corrected chi connectivity index (χ2v) is 8.39. The van der Waals surface area contributed by atoms with Crippen LogP contribution in [0.3, 0.4) is 0 Å². The van der Waals surface area contributed by atoms with Crippen LogP contribution in [-0.2, 0) is 4.79 Å². The predicted molar refractivity (Wildman–Crippen MR) is 142 cm³/mol. The molecule has 2 heterocycles. The molecule has 0 aliphatic rings. The van der Waals surface area contributed by atoms with Crippen molar-refractivity contribution in [3.63, 3.8) is 0 Å². The number of nitrogens with two attached hydrogens (primary N) is 1. The van der Waals surface area contributed by atoms with Crippen LogP contribution in [0.5, 0.6) is 11.5 Å². The van der Waals surface area contributed by atoms with Crippen molar-refractivity contribution in [1.29, 1.82) is 0 Å². The number of halogens is 1. The van der Waals surface area contributed by atoms with Crippen LogP contribution < -0.4 is 20.8 Å². The first kappa shape index (κ1) is 24.1. The minimum atomic E-state index is -0.648.